The van der Waals surface area contributed by atoms with Gasteiger partial charge in [0.15, 0.2) is 0 Å². The summed E-state index contributed by atoms with van der Waals surface area (Å²) in [5.74, 6) is 0. The van der Waals surface area contributed by atoms with Crippen LogP contribution in [-0.4, -0.2) is 0 Å². The Morgan fingerprint density at radius 1 is 1.00 bits per heavy atom. The fraction of sp³-hybridized carbons (Fsp3) is 0. The topological polar surface area (TPSA) is 34.1 Å². The molecule has 0 spiro atoms. The molecule has 0 fully saturated rings. The minimum atomic E-state index is -2.03. The Morgan fingerprint density at radius 2 is 1.00 bits per heavy atom. The van der Waals surface area contributed by atoms with E-state index in [2.05, 4.69) is 0 Å². The molecule has 0 N–H and O–H groups in total. The van der Waals surface area contributed by atoms with Gasteiger partial charge in [0.25, 0.3) is 0 Å². The van der Waals surface area contributed by atoms with E-state index in [-0.39, 0.29) is 48.0 Å². The number of hydrogen-bond donors (Lipinski definition) is 0. The van der Waals surface area contributed by atoms with Crippen molar-refractivity contribution in [1.82, 2.24) is 0 Å². The van der Waals surface area contributed by atoms with Crippen molar-refractivity contribution >= 4 is 48.0 Å². The van der Waals surface area contributed by atoms with E-state index >= 15 is 0 Å². The van der Waals surface area contributed by atoms with Gasteiger partial charge >= 0.3 is 25.3 Å². The molecule has 0 aromatic carbocycles. The van der Waals surface area contributed by atoms with Crippen LogP contribution in [0.2, 0.25) is 0 Å². The van der Waals surface area contributed by atoms with Gasteiger partial charge in [-0.25, -0.2) is 0 Å². The predicted molar refractivity (Wildman–Crippen MR) is 32.2 cm³/mol. The van der Waals surface area contributed by atoms with E-state index in [0.717, 1.165) is 0 Å². The zero-order valence-electron chi connectivity index (χ0n) is 2.04. The summed E-state index contributed by atoms with van der Waals surface area (Å²) in [6, 6.07) is 0. The third-order valence-corrected chi connectivity index (χ3v) is 0. The number of halogens is 2. The van der Waals surface area contributed by atoms with E-state index in [0.29, 0.717) is 0 Å². The van der Waals surface area contributed by atoms with E-state index in [4.69, 9.17) is 6.80 Å². The van der Waals surface area contributed by atoms with Gasteiger partial charge in [-0.2, -0.15) is 0 Å². The van der Waals surface area contributed by atoms with Crippen molar-refractivity contribution in [2.75, 3.05) is 0 Å². The van der Waals surface area contributed by atoms with Crippen molar-refractivity contribution in [3.8, 4) is 0 Å². The summed E-state index contributed by atoms with van der Waals surface area (Å²) in [6.07, 6.45) is 0. The molecule has 5 heavy (non-hydrogen) atoms. The summed E-state index contributed by atoms with van der Waals surface area (Å²) in [5, 5.41) is 0. The Kier molecular flexibility index (Phi) is 54.5. The van der Waals surface area contributed by atoms with E-state index < -0.39 is 18.5 Å². The first-order valence-electron chi connectivity index (χ1n) is 0.333. The Labute approximate surface area is 72.3 Å². The molecule has 0 aromatic rings. The Hall–Kier alpha value is 1.75. The van der Waals surface area contributed by atoms with Crippen molar-refractivity contribution in [3.05, 3.63) is 0 Å². The molecule has 0 atom stereocenters. The van der Waals surface area contributed by atoms with Gasteiger partial charge in [0.1, 0.15) is 0 Å². The third kappa shape index (κ3) is 26.4. The van der Waals surface area contributed by atoms with Gasteiger partial charge in [-0.3, -0.25) is 0 Å². The molecule has 5 heteroatoms. The molecular formula is H2I2MoO2. The summed E-state index contributed by atoms with van der Waals surface area (Å²) >= 11 is -2.03. The SMILES string of the molecule is I.I.[O]=[Mo]=[O]. The minimum absolute atomic E-state index is 0. The first kappa shape index (κ1) is 15.9. The molecule has 0 saturated heterocycles. The van der Waals surface area contributed by atoms with Gasteiger partial charge in [0, 0.05) is 0 Å². The van der Waals surface area contributed by atoms with Crippen LogP contribution in [0.1, 0.15) is 0 Å². The standard InChI is InChI=1S/2HI.Mo.2O/h2*1H;;;. The van der Waals surface area contributed by atoms with Crippen molar-refractivity contribution in [2.24, 2.45) is 0 Å². The van der Waals surface area contributed by atoms with Gasteiger partial charge in [-0.05, 0) is 0 Å². The van der Waals surface area contributed by atoms with Crippen LogP contribution in [-0.2, 0) is 25.3 Å². The van der Waals surface area contributed by atoms with Crippen LogP contribution in [0.5, 0.6) is 0 Å². The van der Waals surface area contributed by atoms with E-state index in [1.807, 2.05) is 0 Å². The molecule has 0 amide bonds. The molecule has 0 radical (unpaired) electrons. The monoisotopic (exact) mass is 386 g/mol. The van der Waals surface area contributed by atoms with Crippen LogP contribution in [0.25, 0.3) is 0 Å². The van der Waals surface area contributed by atoms with Gasteiger partial charge in [0.05, 0.1) is 0 Å². The van der Waals surface area contributed by atoms with Crippen LogP contribution in [0.3, 0.4) is 0 Å². The molecule has 0 aliphatic heterocycles. The number of hydrogen-bond acceptors (Lipinski definition) is 2. The van der Waals surface area contributed by atoms with Crippen LogP contribution in [0.15, 0.2) is 0 Å². The first-order valence-corrected chi connectivity index (χ1v) is 1.97. The van der Waals surface area contributed by atoms with Gasteiger partial charge in [-0.15, -0.1) is 48.0 Å². The molecule has 34 valence electrons. The second-order valence-corrected chi connectivity index (χ2v) is 0.403. The second-order valence-electron chi connectivity index (χ2n) is 0.0680. The van der Waals surface area contributed by atoms with Crippen LogP contribution >= 0.6 is 48.0 Å². The summed E-state index contributed by atoms with van der Waals surface area (Å²) in [7, 11) is 0. The van der Waals surface area contributed by atoms with Crippen LogP contribution in [0.4, 0.5) is 0 Å². The molecule has 0 aromatic heterocycles. The van der Waals surface area contributed by atoms with Gasteiger partial charge < -0.3 is 0 Å². The molecule has 0 heterocycles. The van der Waals surface area contributed by atoms with E-state index in [1.165, 1.54) is 0 Å². The fourth-order valence-electron chi connectivity index (χ4n) is 0. The van der Waals surface area contributed by atoms with E-state index in [9.17, 15) is 0 Å². The van der Waals surface area contributed by atoms with Crippen molar-refractivity contribution < 1.29 is 25.3 Å². The molecule has 2 nitrogen and oxygen atoms in total. The maximum atomic E-state index is 8.50. The van der Waals surface area contributed by atoms with E-state index in [1.54, 1.807) is 0 Å². The summed E-state index contributed by atoms with van der Waals surface area (Å²) in [6.45, 7) is 0. The zero-order valence-corrected chi connectivity index (χ0v) is 8.71. The van der Waals surface area contributed by atoms with Gasteiger partial charge in [0.2, 0.25) is 0 Å². The van der Waals surface area contributed by atoms with Crippen molar-refractivity contribution in [2.45, 2.75) is 0 Å². The van der Waals surface area contributed by atoms with Crippen LogP contribution < -0.4 is 0 Å². The zero-order chi connectivity index (χ0) is 2.71. The normalized spacial score (nSPS) is 2.40. The predicted octanol–water partition coefficient (Wildman–Crippen LogP) is 0.996. The molecule has 0 bridgehead atoms. The molecule has 0 saturated carbocycles. The molecule has 0 unspecified atom stereocenters. The van der Waals surface area contributed by atoms with Crippen molar-refractivity contribution in [1.29, 1.82) is 0 Å². The fourth-order valence-corrected chi connectivity index (χ4v) is 0. The Balaban J connectivity index is -0.0000000200. The summed E-state index contributed by atoms with van der Waals surface area (Å²) in [4.78, 5) is 0. The summed E-state index contributed by atoms with van der Waals surface area (Å²) < 4.78 is 17.0. The van der Waals surface area contributed by atoms with Gasteiger partial charge in [-0.1, -0.05) is 0 Å². The Morgan fingerprint density at radius 3 is 1.00 bits per heavy atom. The average molecular weight is 384 g/mol. The maximum absolute atomic E-state index is 8.50. The molecular weight excluding hydrogens is 382 g/mol. The third-order valence-electron chi connectivity index (χ3n) is 0. The first-order chi connectivity index (χ1) is 1.41. The quantitative estimate of drug-likeness (QED) is 0.462. The molecule has 0 aliphatic carbocycles. The van der Waals surface area contributed by atoms with Crippen molar-refractivity contribution in [3.63, 3.8) is 0 Å². The molecule has 0 rings (SSSR count). The number of rotatable bonds is 0. The summed E-state index contributed by atoms with van der Waals surface area (Å²) in [5.41, 5.74) is 0. The molecule has 0 aliphatic rings. The average Bonchev–Trinajstić information content (AvgIpc) is 0.918. The Bertz CT molecular complexity index is 28.6. The van der Waals surface area contributed by atoms with Crippen LogP contribution in [0, 0.1) is 0 Å². The second kappa shape index (κ2) is 17.2.